The maximum atomic E-state index is 5.35. The molecule has 0 aromatic carbocycles. The maximum Gasteiger partial charge on any atom is 0.0629 e. The highest BCUT2D eigenvalue weighted by Crippen LogP contribution is 2.28. The Morgan fingerprint density at radius 1 is 1.50 bits per heavy atom. The number of aryl methyl sites for hydroxylation is 2. The van der Waals surface area contributed by atoms with Gasteiger partial charge in [-0.1, -0.05) is 0 Å². The van der Waals surface area contributed by atoms with Crippen molar-refractivity contribution in [3.63, 3.8) is 0 Å². The first-order valence-corrected chi connectivity index (χ1v) is 4.38. The quantitative estimate of drug-likeness (QED) is 0.687. The van der Waals surface area contributed by atoms with Crippen molar-refractivity contribution in [3.8, 4) is 0 Å². The van der Waals surface area contributed by atoms with Crippen LogP contribution in [-0.4, -0.2) is 23.4 Å². The Bertz CT molecular complexity index is 255. The Kier molecular flexibility index (Phi) is 1.89. The molecule has 0 aliphatic carbocycles. The zero-order chi connectivity index (χ0) is 8.55. The van der Waals surface area contributed by atoms with Crippen LogP contribution < -0.4 is 0 Å². The number of rotatable bonds is 1. The van der Waals surface area contributed by atoms with Gasteiger partial charge in [0.15, 0.2) is 0 Å². The molecule has 1 aliphatic heterocycles. The summed E-state index contributed by atoms with van der Waals surface area (Å²) < 4.78 is 5.35. The lowest BCUT2D eigenvalue weighted by Gasteiger charge is -2.06. The normalized spacial score (nSPS) is 23.3. The van der Waals surface area contributed by atoms with Crippen molar-refractivity contribution in [2.45, 2.75) is 26.2 Å². The first kappa shape index (κ1) is 7.80. The highest BCUT2D eigenvalue weighted by Gasteiger charge is 2.22. The van der Waals surface area contributed by atoms with E-state index in [1.54, 1.807) is 0 Å². The van der Waals surface area contributed by atoms with E-state index in [1.165, 1.54) is 11.3 Å². The van der Waals surface area contributed by atoms with Gasteiger partial charge in [-0.15, -0.1) is 0 Å². The summed E-state index contributed by atoms with van der Waals surface area (Å²) in [5.41, 5.74) is 3.69. The van der Waals surface area contributed by atoms with Gasteiger partial charge in [-0.2, -0.15) is 5.10 Å². The summed E-state index contributed by atoms with van der Waals surface area (Å²) in [7, 11) is 0. The molecule has 1 fully saturated rings. The molecule has 3 heteroatoms. The summed E-state index contributed by atoms with van der Waals surface area (Å²) in [6.07, 6.45) is 1.14. The minimum Gasteiger partial charge on any atom is -0.381 e. The van der Waals surface area contributed by atoms with Crippen LogP contribution in [0.3, 0.4) is 0 Å². The molecule has 3 nitrogen and oxygen atoms in total. The van der Waals surface area contributed by atoms with Crippen LogP contribution in [0.25, 0.3) is 0 Å². The number of aromatic amines is 1. The average Bonchev–Trinajstić information content (AvgIpc) is 2.61. The second-order valence-electron chi connectivity index (χ2n) is 3.41. The number of ether oxygens (including phenoxy) is 1. The van der Waals surface area contributed by atoms with Crippen LogP contribution in [0.4, 0.5) is 0 Å². The molecule has 0 spiro atoms. The molecule has 2 rings (SSSR count). The SMILES string of the molecule is Cc1n[nH]c(C)c1[C@@H]1CCOC1. The first-order valence-electron chi connectivity index (χ1n) is 4.38. The molecular formula is C9H14N2O. The highest BCUT2D eigenvalue weighted by molar-refractivity contribution is 5.28. The Balaban J connectivity index is 2.30. The predicted octanol–water partition coefficient (Wildman–Crippen LogP) is 1.53. The van der Waals surface area contributed by atoms with Crippen molar-refractivity contribution in [2.24, 2.45) is 0 Å². The second-order valence-corrected chi connectivity index (χ2v) is 3.41. The van der Waals surface area contributed by atoms with Gasteiger partial charge >= 0.3 is 0 Å². The van der Waals surface area contributed by atoms with E-state index in [0.29, 0.717) is 5.92 Å². The lowest BCUT2D eigenvalue weighted by molar-refractivity contribution is 0.194. The molecule has 12 heavy (non-hydrogen) atoms. The number of aromatic nitrogens is 2. The lowest BCUT2D eigenvalue weighted by Crippen LogP contribution is -1.99. The van der Waals surface area contributed by atoms with E-state index in [4.69, 9.17) is 4.74 Å². The smallest absolute Gasteiger partial charge is 0.0629 e. The van der Waals surface area contributed by atoms with Gasteiger partial charge in [0, 0.05) is 23.8 Å². The zero-order valence-electron chi connectivity index (χ0n) is 7.55. The van der Waals surface area contributed by atoms with E-state index in [9.17, 15) is 0 Å². The topological polar surface area (TPSA) is 37.9 Å². The molecular weight excluding hydrogens is 152 g/mol. The molecule has 1 N–H and O–H groups in total. The summed E-state index contributed by atoms with van der Waals surface area (Å²) in [5, 5.41) is 7.19. The van der Waals surface area contributed by atoms with Crippen LogP contribution in [0, 0.1) is 13.8 Å². The largest absolute Gasteiger partial charge is 0.381 e. The number of nitrogens with zero attached hydrogens (tertiary/aromatic N) is 1. The molecule has 1 aromatic rings. The summed E-state index contributed by atoms with van der Waals surface area (Å²) in [6.45, 7) is 5.89. The third-order valence-corrected chi connectivity index (χ3v) is 2.52. The monoisotopic (exact) mass is 166 g/mol. The molecule has 66 valence electrons. The Hall–Kier alpha value is -0.830. The summed E-state index contributed by atoms with van der Waals surface area (Å²) in [4.78, 5) is 0. The molecule has 1 aromatic heterocycles. The maximum absolute atomic E-state index is 5.35. The van der Waals surface area contributed by atoms with E-state index in [1.807, 2.05) is 0 Å². The molecule has 1 aliphatic rings. The molecule has 0 bridgehead atoms. The van der Waals surface area contributed by atoms with Crippen LogP contribution in [0.5, 0.6) is 0 Å². The fraction of sp³-hybridized carbons (Fsp3) is 0.667. The van der Waals surface area contributed by atoms with Gasteiger partial charge in [0.1, 0.15) is 0 Å². The molecule has 0 radical (unpaired) electrons. The average molecular weight is 166 g/mol. The lowest BCUT2D eigenvalue weighted by atomic mass is 9.97. The fourth-order valence-electron chi connectivity index (χ4n) is 1.92. The van der Waals surface area contributed by atoms with Gasteiger partial charge in [0.2, 0.25) is 0 Å². The standard InChI is InChI=1S/C9H14N2O/c1-6-9(7(2)11-10-6)8-3-4-12-5-8/h8H,3-5H2,1-2H3,(H,10,11)/t8-/m1/s1. The first-order chi connectivity index (χ1) is 5.79. The second kappa shape index (κ2) is 2.90. The molecule has 1 atom stereocenters. The van der Waals surface area contributed by atoms with Crippen LogP contribution in [-0.2, 0) is 4.74 Å². The van der Waals surface area contributed by atoms with Gasteiger partial charge in [-0.3, -0.25) is 5.10 Å². The zero-order valence-corrected chi connectivity index (χ0v) is 7.55. The van der Waals surface area contributed by atoms with Crippen molar-refractivity contribution < 1.29 is 4.74 Å². The molecule has 2 heterocycles. The summed E-state index contributed by atoms with van der Waals surface area (Å²) in [6, 6.07) is 0. The number of H-pyrrole nitrogens is 1. The third kappa shape index (κ3) is 1.14. The van der Waals surface area contributed by atoms with Crippen LogP contribution >= 0.6 is 0 Å². The molecule has 0 saturated carbocycles. The van der Waals surface area contributed by atoms with Crippen molar-refractivity contribution >= 4 is 0 Å². The number of nitrogens with one attached hydrogen (secondary N) is 1. The van der Waals surface area contributed by atoms with E-state index in [2.05, 4.69) is 24.0 Å². The van der Waals surface area contributed by atoms with Crippen LogP contribution in [0.2, 0.25) is 0 Å². The van der Waals surface area contributed by atoms with Gasteiger partial charge in [-0.25, -0.2) is 0 Å². The molecule has 0 unspecified atom stereocenters. The number of hydrogen-bond donors (Lipinski definition) is 1. The van der Waals surface area contributed by atoms with Crippen LogP contribution in [0.15, 0.2) is 0 Å². The van der Waals surface area contributed by atoms with Crippen molar-refractivity contribution in [1.29, 1.82) is 0 Å². The Labute approximate surface area is 72.1 Å². The predicted molar refractivity (Wildman–Crippen MR) is 46.2 cm³/mol. The van der Waals surface area contributed by atoms with Gasteiger partial charge < -0.3 is 4.74 Å². The van der Waals surface area contributed by atoms with Crippen molar-refractivity contribution in [1.82, 2.24) is 10.2 Å². The summed E-state index contributed by atoms with van der Waals surface area (Å²) >= 11 is 0. The van der Waals surface area contributed by atoms with Gasteiger partial charge in [0.05, 0.1) is 12.3 Å². The Morgan fingerprint density at radius 2 is 2.33 bits per heavy atom. The van der Waals surface area contributed by atoms with Gasteiger partial charge in [0.25, 0.3) is 0 Å². The summed E-state index contributed by atoms with van der Waals surface area (Å²) in [5.74, 6) is 0.573. The minimum absolute atomic E-state index is 0.573. The molecule has 0 amide bonds. The van der Waals surface area contributed by atoms with E-state index >= 15 is 0 Å². The van der Waals surface area contributed by atoms with Gasteiger partial charge in [-0.05, 0) is 20.3 Å². The van der Waals surface area contributed by atoms with E-state index in [-0.39, 0.29) is 0 Å². The number of hydrogen-bond acceptors (Lipinski definition) is 2. The van der Waals surface area contributed by atoms with E-state index in [0.717, 1.165) is 25.3 Å². The highest BCUT2D eigenvalue weighted by atomic mass is 16.5. The van der Waals surface area contributed by atoms with Crippen LogP contribution in [0.1, 0.15) is 29.3 Å². The minimum atomic E-state index is 0.573. The van der Waals surface area contributed by atoms with Crippen molar-refractivity contribution in [2.75, 3.05) is 13.2 Å². The fourth-order valence-corrected chi connectivity index (χ4v) is 1.92. The van der Waals surface area contributed by atoms with E-state index < -0.39 is 0 Å². The van der Waals surface area contributed by atoms with Crippen molar-refractivity contribution in [3.05, 3.63) is 17.0 Å². The Morgan fingerprint density at radius 3 is 2.83 bits per heavy atom. The third-order valence-electron chi connectivity index (χ3n) is 2.52. The molecule has 1 saturated heterocycles.